The summed E-state index contributed by atoms with van der Waals surface area (Å²) < 4.78 is 79.7. The topological polar surface area (TPSA) is 131 Å². The van der Waals surface area contributed by atoms with Gasteiger partial charge in [0.25, 0.3) is 5.91 Å². The molecule has 0 aliphatic carbocycles. The summed E-state index contributed by atoms with van der Waals surface area (Å²) >= 11 is 0. The summed E-state index contributed by atoms with van der Waals surface area (Å²) in [4.78, 5) is 26.9. The highest BCUT2D eigenvalue weighted by molar-refractivity contribution is 7.92. The fourth-order valence-electron chi connectivity index (χ4n) is 5.08. The van der Waals surface area contributed by atoms with E-state index >= 15 is 0 Å². The number of rotatable bonds is 9. The Morgan fingerprint density at radius 2 is 1.76 bits per heavy atom. The van der Waals surface area contributed by atoms with E-state index in [1.165, 1.54) is 0 Å². The van der Waals surface area contributed by atoms with Crippen LogP contribution in [0.15, 0.2) is 48.7 Å². The molecular weight excluding hydrogens is 615 g/mol. The zero-order chi connectivity index (χ0) is 32.5. The van der Waals surface area contributed by atoms with E-state index in [0.717, 1.165) is 39.5 Å². The number of methoxy groups -OCH3 is 1. The molecule has 3 heterocycles. The molecule has 1 aliphatic heterocycles. The molecule has 0 radical (unpaired) electrons. The molecule has 16 heteroatoms. The van der Waals surface area contributed by atoms with Crippen LogP contribution in [-0.2, 0) is 29.8 Å². The van der Waals surface area contributed by atoms with Gasteiger partial charge in [0.15, 0.2) is 11.5 Å². The first-order chi connectivity index (χ1) is 21.2. The normalized spacial score (nSPS) is 14.8. The highest BCUT2D eigenvalue weighted by Gasteiger charge is 2.33. The molecule has 12 nitrogen and oxygen atoms in total. The molecule has 2 aromatic carbocycles. The molecule has 240 valence electrons. The number of piperazine rings is 1. The maximum Gasteiger partial charge on any atom is 0.416 e. The molecule has 0 spiro atoms. The summed E-state index contributed by atoms with van der Waals surface area (Å²) in [6.07, 6.45) is -2.43. The lowest BCUT2D eigenvalue weighted by molar-refractivity contribution is -0.137. The van der Waals surface area contributed by atoms with Crippen molar-refractivity contribution in [1.29, 1.82) is 0 Å². The Morgan fingerprint density at radius 1 is 1.04 bits per heavy atom. The number of para-hydroxylation sites is 1. The van der Waals surface area contributed by atoms with Crippen LogP contribution in [0.3, 0.4) is 0 Å². The molecule has 1 aliphatic rings. The zero-order valence-corrected chi connectivity index (χ0v) is 25.8. The van der Waals surface area contributed by atoms with Crippen molar-refractivity contribution in [2.45, 2.75) is 12.7 Å². The van der Waals surface area contributed by atoms with Gasteiger partial charge in [-0.3, -0.25) is 14.4 Å². The minimum atomic E-state index is -4.84. The van der Waals surface area contributed by atoms with E-state index in [1.54, 1.807) is 48.1 Å². The maximum absolute atomic E-state index is 13.7. The number of likely N-dealkylation sites (N-methyl/N-ethyl adjacent to an activating group) is 1. The van der Waals surface area contributed by atoms with E-state index in [1.807, 2.05) is 4.72 Å². The fraction of sp³-hybridized carbons (Fsp3) is 0.345. The predicted molar refractivity (Wildman–Crippen MR) is 162 cm³/mol. The highest BCUT2D eigenvalue weighted by atomic mass is 32.2. The molecule has 4 aromatic rings. The van der Waals surface area contributed by atoms with Crippen LogP contribution < -0.4 is 19.5 Å². The number of carbonyl (C=O) groups excluding carboxylic acids is 1. The van der Waals surface area contributed by atoms with Crippen molar-refractivity contribution in [3.8, 4) is 17.4 Å². The van der Waals surface area contributed by atoms with Crippen molar-refractivity contribution in [3.05, 3.63) is 65.7 Å². The van der Waals surface area contributed by atoms with Crippen LogP contribution in [0.25, 0.3) is 10.9 Å². The minimum absolute atomic E-state index is 0.0941. The number of carbonyl (C=O) groups is 1. The SMILES string of the molecule is COc1c(NC(=O)c2cc3cccc(Oc4ccnc(CN5CCN(C)CC5)n4)c3n2C)cc(C(F)(F)F)cc1NS(C)(=O)=O. The van der Waals surface area contributed by atoms with Crippen molar-refractivity contribution in [1.82, 2.24) is 24.3 Å². The van der Waals surface area contributed by atoms with Gasteiger partial charge < -0.3 is 24.3 Å². The molecule has 2 N–H and O–H groups in total. The zero-order valence-electron chi connectivity index (χ0n) is 25.0. The summed E-state index contributed by atoms with van der Waals surface area (Å²) in [6, 6.07) is 9.68. The largest absolute Gasteiger partial charge is 0.492 e. The van der Waals surface area contributed by atoms with E-state index < -0.39 is 33.4 Å². The van der Waals surface area contributed by atoms with Crippen LogP contribution in [0, 0.1) is 0 Å². The Bertz CT molecular complexity index is 1840. The molecule has 2 aromatic heterocycles. The van der Waals surface area contributed by atoms with Crippen molar-refractivity contribution in [2.24, 2.45) is 7.05 Å². The fourth-order valence-corrected chi connectivity index (χ4v) is 5.63. The summed E-state index contributed by atoms with van der Waals surface area (Å²) in [7, 11) is 0.867. The number of hydrogen-bond donors (Lipinski definition) is 2. The lowest BCUT2D eigenvalue weighted by Crippen LogP contribution is -2.44. The number of aryl methyl sites for hydroxylation is 1. The van der Waals surface area contributed by atoms with Crippen LogP contribution in [0.5, 0.6) is 17.4 Å². The summed E-state index contributed by atoms with van der Waals surface area (Å²) in [5.41, 5.74) is -1.41. The summed E-state index contributed by atoms with van der Waals surface area (Å²) in [5.74, 6) is 0.263. The lowest BCUT2D eigenvalue weighted by atomic mass is 10.1. The third-order valence-corrected chi connectivity index (χ3v) is 7.86. The van der Waals surface area contributed by atoms with Crippen LogP contribution in [0.1, 0.15) is 21.9 Å². The Balaban J connectivity index is 1.43. The second-order valence-electron chi connectivity index (χ2n) is 10.7. The number of amides is 1. The molecule has 1 saturated heterocycles. The van der Waals surface area contributed by atoms with E-state index in [-0.39, 0.29) is 17.1 Å². The average molecular weight is 648 g/mol. The molecule has 0 bridgehead atoms. The quantitative estimate of drug-likeness (QED) is 0.275. The van der Waals surface area contributed by atoms with E-state index in [0.29, 0.717) is 47.0 Å². The van der Waals surface area contributed by atoms with Gasteiger partial charge in [-0.05, 0) is 31.3 Å². The Morgan fingerprint density at radius 3 is 2.42 bits per heavy atom. The van der Waals surface area contributed by atoms with Gasteiger partial charge in [0, 0.05) is 50.9 Å². The first-order valence-corrected chi connectivity index (χ1v) is 15.7. The van der Waals surface area contributed by atoms with E-state index in [2.05, 4.69) is 32.1 Å². The Labute approximate surface area is 257 Å². The second-order valence-corrected chi connectivity index (χ2v) is 12.5. The van der Waals surface area contributed by atoms with Crippen molar-refractivity contribution < 1.29 is 35.9 Å². The number of hydrogen-bond acceptors (Lipinski definition) is 9. The molecule has 5 rings (SSSR count). The van der Waals surface area contributed by atoms with Gasteiger partial charge in [0.1, 0.15) is 11.5 Å². The van der Waals surface area contributed by atoms with E-state index in [9.17, 15) is 26.4 Å². The van der Waals surface area contributed by atoms with Crippen LogP contribution in [0.2, 0.25) is 0 Å². The van der Waals surface area contributed by atoms with Gasteiger partial charge >= 0.3 is 6.18 Å². The van der Waals surface area contributed by atoms with Crippen molar-refractivity contribution in [3.63, 3.8) is 0 Å². The molecule has 0 unspecified atom stereocenters. The number of nitrogens with zero attached hydrogens (tertiary/aromatic N) is 5. The lowest BCUT2D eigenvalue weighted by Gasteiger charge is -2.31. The van der Waals surface area contributed by atoms with E-state index in [4.69, 9.17) is 9.47 Å². The number of benzene rings is 2. The average Bonchev–Trinajstić information content (AvgIpc) is 3.30. The molecule has 1 fully saturated rings. The highest BCUT2D eigenvalue weighted by Crippen LogP contribution is 2.41. The summed E-state index contributed by atoms with van der Waals surface area (Å²) in [6.45, 7) is 4.30. The van der Waals surface area contributed by atoms with Gasteiger partial charge in [-0.2, -0.15) is 18.2 Å². The molecule has 0 saturated carbocycles. The van der Waals surface area contributed by atoms with Gasteiger partial charge in [-0.1, -0.05) is 12.1 Å². The van der Waals surface area contributed by atoms with Crippen molar-refractivity contribution >= 4 is 38.2 Å². The van der Waals surface area contributed by atoms with Gasteiger partial charge in [0.05, 0.1) is 42.4 Å². The van der Waals surface area contributed by atoms with Crippen molar-refractivity contribution in [2.75, 3.05) is 56.6 Å². The molecule has 1 amide bonds. The third-order valence-electron chi connectivity index (χ3n) is 7.27. The number of aromatic nitrogens is 3. The predicted octanol–water partition coefficient (Wildman–Crippen LogP) is 4.16. The monoisotopic (exact) mass is 647 g/mol. The standard InChI is InChI=1S/C29H32F3N7O5S/c1-37-10-12-39(13-11-37)17-24-33-9-8-25(35-24)44-23-7-5-6-18-14-22(38(2)26(18)23)28(40)34-20-15-19(29(30,31)32)16-21(27(20)43-3)36-45(4,41)42/h5-9,14-16,36H,10-13,17H2,1-4H3,(H,34,40). The maximum atomic E-state index is 13.7. The van der Waals surface area contributed by atoms with Gasteiger partial charge in [0.2, 0.25) is 15.9 Å². The smallest absolute Gasteiger partial charge is 0.416 e. The van der Waals surface area contributed by atoms with Crippen LogP contribution in [-0.4, -0.2) is 85.3 Å². The summed E-state index contributed by atoms with van der Waals surface area (Å²) in [5, 5.41) is 3.07. The minimum Gasteiger partial charge on any atom is -0.492 e. The number of ether oxygens (including phenoxy) is 2. The number of halogens is 3. The molecular formula is C29H32F3N7O5S. The van der Waals surface area contributed by atoms with Gasteiger partial charge in [-0.15, -0.1) is 0 Å². The van der Waals surface area contributed by atoms with Gasteiger partial charge in [-0.25, -0.2) is 13.4 Å². The first-order valence-electron chi connectivity index (χ1n) is 13.8. The number of sulfonamides is 1. The number of nitrogens with one attached hydrogen (secondary N) is 2. The molecule has 45 heavy (non-hydrogen) atoms. The number of anilines is 2. The second kappa shape index (κ2) is 12.5. The number of alkyl halides is 3. The van der Waals surface area contributed by atoms with Crippen LogP contribution >= 0.6 is 0 Å². The van der Waals surface area contributed by atoms with Crippen LogP contribution in [0.4, 0.5) is 24.5 Å². The Kier molecular flexibility index (Phi) is 8.91. The first kappa shape index (κ1) is 32.0. The number of fused-ring (bicyclic) bond motifs is 1. The Hall–Kier alpha value is -4.41. The third kappa shape index (κ3) is 7.46. The molecule has 0 atom stereocenters.